The van der Waals surface area contributed by atoms with Crippen LogP contribution in [-0.2, 0) is 24.0 Å². The Morgan fingerprint density at radius 3 is 1.76 bits per heavy atom. The van der Waals surface area contributed by atoms with Crippen molar-refractivity contribution in [3.05, 3.63) is 0 Å². The first-order valence-corrected chi connectivity index (χ1v) is 9.17. The van der Waals surface area contributed by atoms with Crippen LogP contribution in [0.2, 0.25) is 0 Å². The van der Waals surface area contributed by atoms with E-state index in [1.165, 1.54) is 6.92 Å². The van der Waals surface area contributed by atoms with E-state index in [9.17, 15) is 34.2 Å². The molecule has 0 aromatic heterocycles. The van der Waals surface area contributed by atoms with E-state index in [0.29, 0.717) is 0 Å². The summed E-state index contributed by atoms with van der Waals surface area (Å²) in [6.07, 6.45) is -0.282. The van der Waals surface area contributed by atoms with Gasteiger partial charge < -0.3 is 37.6 Å². The predicted molar refractivity (Wildman–Crippen MR) is 102 cm³/mol. The number of primary amides is 1. The van der Waals surface area contributed by atoms with Gasteiger partial charge in [-0.3, -0.25) is 19.2 Å². The van der Waals surface area contributed by atoms with Gasteiger partial charge in [0.2, 0.25) is 23.6 Å². The van der Waals surface area contributed by atoms with Crippen molar-refractivity contribution in [3.8, 4) is 0 Å². The molecule has 0 saturated heterocycles. The van der Waals surface area contributed by atoms with Crippen LogP contribution in [0.1, 0.15) is 40.0 Å². The molecule has 4 amide bonds. The van der Waals surface area contributed by atoms with Crippen molar-refractivity contribution in [2.75, 3.05) is 6.61 Å². The summed E-state index contributed by atoms with van der Waals surface area (Å²) in [7, 11) is 0. The summed E-state index contributed by atoms with van der Waals surface area (Å²) >= 11 is 0. The van der Waals surface area contributed by atoms with E-state index in [1.807, 2.05) is 0 Å². The molecule has 29 heavy (non-hydrogen) atoms. The number of hydrogen-bond donors (Lipinski definition) is 7. The second-order valence-electron chi connectivity index (χ2n) is 7.13. The fourth-order valence-corrected chi connectivity index (χ4v) is 2.29. The topological polar surface area (TPSA) is 214 Å². The molecule has 4 unspecified atom stereocenters. The molecule has 0 fully saturated rings. The summed E-state index contributed by atoms with van der Waals surface area (Å²) in [5.41, 5.74) is 10.4. The van der Waals surface area contributed by atoms with Crippen LogP contribution in [0.25, 0.3) is 0 Å². The van der Waals surface area contributed by atoms with E-state index in [2.05, 4.69) is 16.0 Å². The molecule has 9 N–H and O–H groups in total. The third-order valence-electron chi connectivity index (χ3n) is 3.86. The third-order valence-corrected chi connectivity index (χ3v) is 3.86. The van der Waals surface area contributed by atoms with Gasteiger partial charge >= 0.3 is 5.97 Å². The van der Waals surface area contributed by atoms with Gasteiger partial charge in [-0.15, -0.1) is 0 Å². The van der Waals surface area contributed by atoms with Gasteiger partial charge in [0, 0.05) is 6.42 Å². The Balaban J connectivity index is 5.23. The molecule has 12 heteroatoms. The third kappa shape index (κ3) is 10.4. The highest BCUT2D eigenvalue weighted by molar-refractivity contribution is 5.94. The maximum atomic E-state index is 12.5. The van der Waals surface area contributed by atoms with Crippen molar-refractivity contribution in [3.63, 3.8) is 0 Å². The number of aliphatic carboxylic acids is 1. The van der Waals surface area contributed by atoms with Gasteiger partial charge in [-0.2, -0.15) is 0 Å². The molecule has 0 aromatic rings. The summed E-state index contributed by atoms with van der Waals surface area (Å²) in [5.74, 6) is -4.39. The number of carboxylic acid groups (broad SMARTS) is 1. The zero-order valence-electron chi connectivity index (χ0n) is 16.8. The number of hydrogen-bond acceptors (Lipinski definition) is 7. The Hall–Kier alpha value is -2.73. The second-order valence-corrected chi connectivity index (χ2v) is 7.13. The predicted octanol–water partition coefficient (Wildman–Crippen LogP) is -2.82. The molecule has 0 rings (SSSR count). The summed E-state index contributed by atoms with van der Waals surface area (Å²) in [6, 6.07) is -4.73. The minimum absolute atomic E-state index is 0.0498. The highest BCUT2D eigenvalue weighted by Gasteiger charge is 2.30. The first kappa shape index (κ1) is 26.3. The molecular weight excluding hydrogens is 386 g/mol. The molecule has 166 valence electrons. The molecule has 0 radical (unpaired) electrons. The summed E-state index contributed by atoms with van der Waals surface area (Å²) in [6.45, 7) is 4.25. The fourth-order valence-electron chi connectivity index (χ4n) is 2.29. The van der Waals surface area contributed by atoms with Crippen molar-refractivity contribution in [2.45, 2.75) is 64.2 Å². The quantitative estimate of drug-likeness (QED) is 0.165. The zero-order chi connectivity index (χ0) is 22.7. The molecule has 0 heterocycles. The molecule has 0 bridgehead atoms. The van der Waals surface area contributed by atoms with E-state index >= 15 is 0 Å². The molecule has 0 aliphatic rings. The number of amides is 4. The molecule has 0 saturated carbocycles. The van der Waals surface area contributed by atoms with E-state index in [-0.39, 0.29) is 25.2 Å². The van der Waals surface area contributed by atoms with Crippen molar-refractivity contribution < 1.29 is 34.2 Å². The fraction of sp³-hybridized carbons (Fsp3) is 0.706. The van der Waals surface area contributed by atoms with Gasteiger partial charge in [-0.1, -0.05) is 13.8 Å². The summed E-state index contributed by atoms with van der Waals surface area (Å²) < 4.78 is 0. The minimum atomic E-state index is -1.37. The Bertz CT molecular complexity index is 609. The van der Waals surface area contributed by atoms with Crippen LogP contribution >= 0.6 is 0 Å². The highest BCUT2D eigenvalue weighted by Crippen LogP contribution is 2.07. The average Bonchev–Trinajstić information content (AvgIpc) is 2.60. The molecule has 4 atom stereocenters. The number of nitrogens with two attached hydrogens (primary N) is 2. The Morgan fingerprint density at radius 2 is 1.34 bits per heavy atom. The van der Waals surface area contributed by atoms with Gasteiger partial charge in [-0.25, -0.2) is 4.79 Å². The average molecular weight is 417 g/mol. The number of rotatable bonds is 13. The van der Waals surface area contributed by atoms with E-state index in [1.54, 1.807) is 13.8 Å². The van der Waals surface area contributed by atoms with Crippen molar-refractivity contribution in [2.24, 2.45) is 17.4 Å². The lowest BCUT2D eigenvalue weighted by Gasteiger charge is -2.25. The van der Waals surface area contributed by atoms with Crippen molar-refractivity contribution in [1.82, 2.24) is 16.0 Å². The van der Waals surface area contributed by atoms with Crippen LogP contribution in [0.15, 0.2) is 0 Å². The van der Waals surface area contributed by atoms with Crippen LogP contribution in [0, 0.1) is 5.92 Å². The van der Waals surface area contributed by atoms with E-state index in [0.717, 1.165) is 0 Å². The van der Waals surface area contributed by atoms with Crippen LogP contribution < -0.4 is 27.4 Å². The summed E-state index contributed by atoms with van der Waals surface area (Å²) in [4.78, 5) is 58.8. The Kier molecular flexibility index (Phi) is 11.5. The largest absolute Gasteiger partial charge is 0.480 e. The van der Waals surface area contributed by atoms with Gasteiger partial charge in [0.25, 0.3) is 0 Å². The normalized spacial score (nSPS) is 15.0. The molecule has 0 spiro atoms. The SMILES string of the molecule is CC(C)CC(NC(=O)C(CO)NC(=O)C(C)N)C(=O)NC(CCC(N)=O)C(=O)O. The standard InChI is InChI=1S/C17H31N5O7/c1-8(2)6-11(15(26)20-10(17(28)29)4-5-13(19)24)21-16(27)12(7-23)22-14(25)9(3)18/h8-12,23H,4-7,18H2,1-3H3,(H2,19,24)(H,20,26)(H,21,27)(H,22,25)(H,28,29). The van der Waals surface area contributed by atoms with Gasteiger partial charge in [-0.05, 0) is 25.7 Å². The van der Waals surface area contributed by atoms with Crippen LogP contribution in [-0.4, -0.2) is 70.6 Å². The van der Waals surface area contributed by atoms with Gasteiger partial charge in [0.05, 0.1) is 12.6 Å². The molecule has 0 aromatic carbocycles. The minimum Gasteiger partial charge on any atom is -0.480 e. The molecule has 12 nitrogen and oxygen atoms in total. The van der Waals surface area contributed by atoms with E-state index in [4.69, 9.17) is 11.5 Å². The lowest BCUT2D eigenvalue weighted by atomic mass is 10.0. The highest BCUT2D eigenvalue weighted by atomic mass is 16.4. The lowest BCUT2D eigenvalue weighted by molar-refractivity contribution is -0.142. The molecule has 0 aliphatic heterocycles. The smallest absolute Gasteiger partial charge is 0.326 e. The van der Waals surface area contributed by atoms with Crippen molar-refractivity contribution in [1.29, 1.82) is 0 Å². The number of aliphatic hydroxyl groups excluding tert-OH is 1. The monoisotopic (exact) mass is 417 g/mol. The van der Waals surface area contributed by atoms with Crippen molar-refractivity contribution >= 4 is 29.6 Å². The molecule has 0 aliphatic carbocycles. The summed E-state index contributed by atoms with van der Waals surface area (Å²) in [5, 5.41) is 25.5. The molecular formula is C17H31N5O7. The maximum Gasteiger partial charge on any atom is 0.326 e. The number of carbonyl (C=O) groups excluding carboxylic acids is 4. The lowest BCUT2D eigenvalue weighted by Crippen LogP contribution is -2.58. The number of carboxylic acids is 1. The number of carbonyl (C=O) groups is 5. The Morgan fingerprint density at radius 1 is 0.862 bits per heavy atom. The Labute approximate surface area is 168 Å². The first-order chi connectivity index (χ1) is 13.4. The maximum absolute atomic E-state index is 12.5. The van der Waals surface area contributed by atoms with E-state index < -0.39 is 60.4 Å². The number of nitrogens with one attached hydrogen (secondary N) is 3. The van der Waals surface area contributed by atoms with Crippen LogP contribution in [0.4, 0.5) is 0 Å². The zero-order valence-corrected chi connectivity index (χ0v) is 16.8. The van der Waals surface area contributed by atoms with Gasteiger partial charge in [0.15, 0.2) is 0 Å². The number of aliphatic hydroxyl groups is 1. The first-order valence-electron chi connectivity index (χ1n) is 9.17. The second kappa shape index (κ2) is 12.7. The van der Waals surface area contributed by atoms with Crippen LogP contribution in [0.5, 0.6) is 0 Å². The van der Waals surface area contributed by atoms with Gasteiger partial charge in [0.1, 0.15) is 18.1 Å². The van der Waals surface area contributed by atoms with Crippen LogP contribution in [0.3, 0.4) is 0 Å².